The maximum Gasteiger partial charge on any atom is 0.318 e. The Morgan fingerprint density at radius 1 is 1.04 bits per heavy atom. The van der Waals surface area contributed by atoms with E-state index < -0.39 is 0 Å². The Morgan fingerprint density at radius 2 is 1.82 bits per heavy atom. The Balaban J connectivity index is 1.16. The van der Waals surface area contributed by atoms with Crippen LogP contribution in [0.5, 0.6) is 6.01 Å². The second-order valence-electron chi connectivity index (χ2n) is 14.1. The van der Waals surface area contributed by atoms with E-state index in [9.17, 15) is 14.9 Å². The normalized spacial score (nSPS) is 20.5. The minimum Gasteiger partial charge on any atom is -0.463 e. The lowest BCUT2D eigenvalue weighted by Crippen LogP contribution is -2.55. The molecule has 1 atom stereocenters. The summed E-state index contributed by atoms with van der Waals surface area (Å²) in [5, 5.41) is 12.1. The van der Waals surface area contributed by atoms with Gasteiger partial charge in [-0.1, -0.05) is 36.9 Å². The molecule has 7 rings (SSSR count). The molecule has 11 nitrogen and oxygen atoms in total. The molecule has 3 aliphatic heterocycles. The highest BCUT2D eigenvalue weighted by molar-refractivity contribution is 5.97. The zero-order chi connectivity index (χ0) is 34.1. The number of hydrogen-bond donors (Lipinski definition) is 0. The van der Waals surface area contributed by atoms with Crippen molar-refractivity contribution >= 4 is 34.1 Å². The number of nitriles is 1. The Morgan fingerprint density at radius 3 is 2.53 bits per heavy atom. The first-order valence-corrected chi connectivity index (χ1v) is 17.6. The minimum absolute atomic E-state index is 0.0684. The number of rotatable bonds is 9. The van der Waals surface area contributed by atoms with Gasteiger partial charge in [0, 0.05) is 87.9 Å². The van der Waals surface area contributed by atoms with Gasteiger partial charge in [0.15, 0.2) is 0 Å². The van der Waals surface area contributed by atoms with Crippen molar-refractivity contribution in [3.8, 4) is 12.1 Å². The first-order chi connectivity index (χ1) is 23.8. The second-order valence-corrected chi connectivity index (χ2v) is 14.1. The maximum atomic E-state index is 12.7. The minimum atomic E-state index is -0.254. The summed E-state index contributed by atoms with van der Waals surface area (Å²) in [6, 6.07) is 15.4. The van der Waals surface area contributed by atoms with Crippen molar-refractivity contribution in [1.29, 1.82) is 5.26 Å². The van der Waals surface area contributed by atoms with E-state index in [4.69, 9.17) is 14.7 Å². The number of piperazine rings is 2. The molecule has 0 bridgehead atoms. The first-order valence-electron chi connectivity index (χ1n) is 17.6. The second kappa shape index (κ2) is 13.7. The molecule has 1 unspecified atom stereocenters. The third kappa shape index (κ3) is 6.79. The molecule has 0 radical (unpaired) electrons. The number of hydrogen-bond acceptors (Lipinski definition) is 9. The molecule has 2 amide bonds. The summed E-state index contributed by atoms with van der Waals surface area (Å²) in [6.07, 6.45) is 4.55. The van der Waals surface area contributed by atoms with Crippen molar-refractivity contribution in [3.63, 3.8) is 0 Å². The van der Waals surface area contributed by atoms with Crippen LogP contribution in [-0.4, -0.2) is 108 Å². The van der Waals surface area contributed by atoms with Crippen molar-refractivity contribution in [2.24, 2.45) is 5.41 Å². The average molecular weight is 663 g/mol. The number of nitrogens with zero attached hydrogens (tertiary/aromatic N) is 8. The predicted octanol–water partition coefficient (Wildman–Crippen LogP) is 3.94. The van der Waals surface area contributed by atoms with Gasteiger partial charge in [0.05, 0.1) is 37.4 Å². The highest BCUT2D eigenvalue weighted by Crippen LogP contribution is 2.47. The third-order valence-electron chi connectivity index (χ3n) is 10.9. The molecule has 1 aromatic heterocycles. The molecule has 1 aliphatic carbocycles. The molecule has 4 heterocycles. The number of anilines is 2. The number of fused-ring (bicyclic) bond motifs is 2. The number of carbonyl (C=O) groups excluding carboxylic acids is 2. The molecule has 2 saturated heterocycles. The third-order valence-corrected chi connectivity index (χ3v) is 10.9. The lowest BCUT2D eigenvalue weighted by Gasteiger charge is -2.42. The van der Waals surface area contributed by atoms with Crippen LogP contribution in [0.3, 0.4) is 0 Å². The van der Waals surface area contributed by atoms with Gasteiger partial charge in [-0.25, -0.2) is 0 Å². The standard InChI is InChI=1S/C38H46N8O3/c1-4-34(48)46-22-21-45(23-30(46)11-15-39)36-31-12-16-44(33-10-6-9-29-8-5-7-27(2)35(29)33)24-32(31)40-37(41-36)49-26-38(13-14-38)25-42-17-19-43(20-18-42)28(3)47/h4-10,30H,1,11-14,16-26H2,2-3H3. The zero-order valence-electron chi connectivity index (χ0n) is 28.7. The van der Waals surface area contributed by atoms with E-state index in [1.165, 1.54) is 28.1 Å². The Labute approximate surface area is 288 Å². The van der Waals surface area contributed by atoms with E-state index in [2.05, 4.69) is 70.7 Å². The van der Waals surface area contributed by atoms with E-state index in [0.717, 1.165) is 75.6 Å². The molecule has 1 saturated carbocycles. The van der Waals surface area contributed by atoms with Gasteiger partial charge in [-0.3, -0.25) is 14.5 Å². The van der Waals surface area contributed by atoms with Gasteiger partial charge in [0.1, 0.15) is 5.82 Å². The number of aromatic nitrogens is 2. The molecular formula is C38H46N8O3. The number of carbonyl (C=O) groups is 2. The zero-order valence-corrected chi connectivity index (χ0v) is 28.7. The van der Waals surface area contributed by atoms with E-state index in [-0.39, 0.29) is 29.7 Å². The molecule has 2 aromatic carbocycles. The van der Waals surface area contributed by atoms with E-state index in [0.29, 0.717) is 38.8 Å². The molecule has 11 heteroatoms. The summed E-state index contributed by atoms with van der Waals surface area (Å²) in [5.41, 5.74) is 4.60. The molecule has 256 valence electrons. The molecule has 3 aromatic rings. The molecule has 4 aliphatic rings. The maximum absolute atomic E-state index is 12.7. The number of amides is 2. The van der Waals surface area contributed by atoms with E-state index in [1.54, 1.807) is 11.8 Å². The fourth-order valence-corrected chi connectivity index (χ4v) is 7.86. The van der Waals surface area contributed by atoms with Crippen molar-refractivity contribution in [2.75, 3.05) is 75.3 Å². The topological polar surface area (TPSA) is 109 Å². The SMILES string of the molecule is C=CC(=O)N1CCN(c2nc(OCC3(CN4CCN(C(C)=O)CC4)CC3)nc3c2CCN(c2cccc4cccc(C)c24)C3)CC1CC#N. The smallest absolute Gasteiger partial charge is 0.318 e. The summed E-state index contributed by atoms with van der Waals surface area (Å²) in [5.74, 6) is 0.853. The Hall–Kier alpha value is -4.69. The lowest BCUT2D eigenvalue weighted by atomic mass is 9.99. The quantitative estimate of drug-likeness (QED) is 0.315. The Bertz CT molecular complexity index is 1790. The average Bonchev–Trinajstić information content (AvgIpc) is 3.89. The van der Waals surface area contributed by atoms with Gasteiger partial charge in [-0.05, 0) is 49.3 Å². The van der Waals surface area contributed by atoms with Crippen LogP contribution in [0.15, 0.2) is 49.1 Å². The number of benzene rings is 2. The lowest BCUT2D eigenvalue weighted by molar-refractivity contribution is -0.130. The highest BCUT2D eigenvalue weighted by atomic mass is 16.5. The summed E-state index contributed by atoms with van der Waals surface area (Å²) >= 11 is 0. The van der Waals surface area contributed by atoms with Gasteiger partial charge in [0.25, 0.3) is 0 Å². The number of ether oxygens (including phenoxy) is 1. The Kier molecular flexibility index (Phi) is 9.16. The number of aryl methyl sites for hydroxylation is 1. The van der Waals surface area contributed by atoms with Gasteiger partial charge in [-0.2, -0.15) is 15.2 Å². The molecule has 49 heavy (non-hydrogen) atoms. The van der Waals surface area contributed by atoms with Crippen molar-refractivity contribution in [2.45, 2.75) is 52.1 Å². The largest absolute Gasteiger partial charge is 0.463 e. The van der Waals surface area contributed by atoms with Crippen LogP contribution in [-0.2, 0) is 22.6 Å². The fourth-order valence-electron chi connectivity index (χ4n) is 7.86. The van der Waals surface area contributed by atoms with Crippen LogP contribution in [0.4, 0.5) is 11.5 Å². The van der Waals surface area contributed by atoms with Crippen LogP contribution in [0.1, 0.15) is 43.0 Å². The van der Waals surface area contributed by atoms with Crippen LogP contribution in [0.25, 0.3) is 10.8 Å². The molecule has 0 N–H and O–H groups in total. The van der Waals surface area contributed by atoms with Gasteiger partial charge >= 0.3 is 6.01 Å². The summed E-state index contributed by atoms with van der Waals surface area (Å²) in [7, 11) is 0. The van der Waals surface area contributed by atoms with Crippen LogP contribution < -0.4 is 14.5 Å². The van der Waals surface area contributed by atoms with E-state index >= 15 is 0 Å². The van der Waals surface area contributed by atoms with Gasteiger partial charge < -0.3 is 24.3 Å². The van der Waals surface area contributed by atoms with Crippen molar-refractivity contribution in [1.82, 2.24) is 24.7 Å². The van der Waals surface area contributed by atoms with Gasteiger partial charge in [0.2, 0.25) is 11.8 Å². The highest BCUT2D eigenvalue weighted by Gasteiger charge is 2.45. The summed E-state index contributed by atoms with van der Waals surface area (Å²) in [6.45, 7) is 15.4. The molecule has 3 fully saturated rings. The van der Waals surface area contributed by atoms with Crippen molar-refractivity contribution in [3.05, 3.63) is 65.9 Å². The van der Waals surface area contributed by atoms with Gasteiger partial charge in [-0.15, -0.1) is 0 Å². The van der Waals surface area contributed by atoms with Crippen LogP contribution >= 0.6 is 0 Å². The predicted molar refractivity (Wildman–Crippen MR) is 189 cm³/mol. The van der Waals surface area contributed by atoms with Crippen molar-refractivity contribution < 1.29 is 14.3 Å². The van der Waals surface area contributed by atoms with Crippen LogP contribution in [0, 0.1) is 23.7 Å². The fraction of sp³-hybridized carbons (Fsp3) is 0.500. The summed E-state index contributed by atoms with van der Waals surface area (Å²) < 4.78 is 6.52. The molecule has 0 spiro atoms. The monoisotopic (exact) mass is 662 g/mol. The van der Waals surface area contributed by atoms with Crippen LogP contribution in [0.2, 0.25) is 0 Å². The summed E-state index contributed by atoms with van der Waals surface area (Å²) in [4.78, 5) is 45.4. The van der Waals surface area contributed by atoms with E-state index in [1.807, 2.05) is 4.90 Å². The first kappa shape index (κ1) is 32.8. The molecular weight excluding hydrogens is 616 g/mol.